The van der Waals surface area contributed by atoms with Gasteiger partial charge in [-0.2, -0.15) is 0 Å². The van der Waals surface area contributed by atoms with Crippen molar-refractivity contribution in [3.63, 3.8) is 0 Å². The molecule has 0 amide bonds. The smallest absolute Gasteiger partial charge is 0.306 e. The highest BCUT2D eigenvalue weighted by atomic mass is 35.5. The summed E-state index contributed by atoms with van der Waals surface area (Å²) in [6.45, 7) is 5.14. The van der Waals surface area contributed by atoms with Crippen molar-refractivity contribution in [2.24, 2.45) is 0 Å². The molecule has 3 nitrogen and oxygen atoms in total. The Labute approximate surface area is 113 Å². The van der Waals surface area contributed by atoms with Crippen molar-refractivity contribution in [1.29, 1.82) is 0 Å². The van der Waals surface area contributed by atoms with E-state index in [1.54, 1.807) is 0 Å². The van der Waals surface area contributed by atoms with Gasteiger partial charge in [-0.3, -0.25) is 4.79 Å². The topological polar surface area (TPSA) is 38.3 Å². The number of rotatable bonds is 7. The lowest BCUT2D eigenvalue weighted by atomic mass is 10.2. The Hall–Kier alpha value is -1.06. The minimum Gasteiger partial charge on any atom is -0.461 e. The van der Waals surface area contributed by atoms with Gasteiger partial charge in [0.1, 0.15) is 6.10 Å². The largest absolute Gasteiger partial charge is 0.461 e. The zero-order valence-corrected chi connectivity index (χ0v) is 11.7. The van der Waals surface area contributed by atoms with E-state index in [2.05, 4.69) is 5.32 Å². The summed E-state index contributed by atoms with van der Waals surface area (Å²) in [6.07, 6.45) is 1.18. The van der Waals surface area contributed by atoms with Crippen LogP contribution in [-0.2, 0) is 16.1 Å². The van der Waals surface area contributed by atoms with E-state index < -0.39 is 0 Å². The fourth-order valence-electron chi connectivity index (χ4n) is 1.58. The normalized spacial score (nSPS) is 12.2. The van der Waals surface area contributed by atoms with Crippen molar-refractivity contribution in [2.45, 2.75) is 39.3 Å². The second-order valence-electron chi connectivity index (χ2n) is 4.27. The first-order valence-electron chi connectivity index (χ1n) is 6.27. The van der Waals surface area contributed by atoms with Crippen LogP contribution in [0, 0.1) is 0 Å². The van der Waals surface area contributed by atoms with E-state index in [0.29, 0.717) is 19.5 Å². The van der Waals surface area contributed by atoms with Gasteiger partial charge in [0.2, 0.25) is 0 Å². The Kier molecular flexibility index (Phi) is 6.76. The third-order valence-corrected chi connectivity index (χ3v) is 2.86. The van der Waals surface area contributed by atoms with E-state index in [4.69, 9.17) is 16.3 Å². The zero-order valence-electron chi connectivity index (χ0n) is 10.9. The number of ether oxygens (including phenoxy) is 1. The number of carbonyl (C=O) groups excluding carboxylic acids is 1. The quantitative estimate of drug-likeness (QED) is 0.773. The molecule has 1 aromatic rings. The first-order valence-corrected chi connectivity index (χ1v) is 6.65. The summed E-state index contributed by atoms with van der Waals surface area (Å²) in [5.74, 6) is -0.135. The standard InChI is InChI=1S/C14H20ClNO2/c1-3-6-14(17)18-11(2)9-16-10-12-7-4-5-8-13(12)15/h4-5,7-8,11,16H,3,6,9-10H2,1-2H3. The summed E-state index contributed by atoms with van der Waals surface area (Å²) in [5, 5.41) is 3.98. The van der Waals surface area contributed by atoms with Crippen LogP contribution >= 0.6 is 11.6 Å². The molecular weight excluding hydrogens is 250 g/mol. The van der Waals surface area contributed by atoms with Gasteiger partial charge < -0.3 is 10.1 Å². The number of benzene rings is 1. The maximum Gasteiger partial charge on any atom is 0.306 e. The molecule has 0 fully saturated rings. The monoisotopic (exact) mass is 269 g/mol. The van der Waals surface area contributed by atoms with Gasteiger partial charge >= 0.3 is 5.97 Å². The van der Waals surface area contributed by atoms with E-state index in [1.165, 1.54) is 0 Å². The van der Waals surface area contributed by atoms with Gasteiger partial charge in [-0.05, 0) is 25.0 Å². The summed E-state index contributed by atoms with van der Waals surface area (Å²) in [4.78, 5) is 11.3. The van der Waals surface area contributed by atoms with Gasteiger partial charge in [-0.25, -0.2) is 0 Å². The number of esters is 1. The second-order valence-corrected chi connectivity index (χ2v) is 4.68. The van der Waals surface area contributed by atoms with Crippen LogP contribution in [-0.4, -0.2) is 18.6 Å². The highest BCUT2D eigenvalue weighted by molar-refractivity contribution is 6.31. The van der Waals surface area contributed by atoms with Crippen molar-refractivity contribution in [3.8, 4) is 0 Å². The number of hydrogen-bond acceptors (Lipinski definition) is 3. The molecule has 0 aliphatic carbocycles. The van der Waals surface area contributed by atoms with Gasteiger partial charge in [-0.1, -0.05) is 36.7 Å². The molecule has 1 aromatic carbocycles. The maximum absolute atomic E-state index is 11.3. The lowest BCUT2D eigenvalue weighted by Crippen LogP contribution is -2.28. The van der Waals surface area contributed by atoms with Crippen LogP contribution in [0.4, 0.5) is 0 Å². The van der Waals surface area contributed by atoms with Crippen LogP contribution in [0.1, 0.15) is 32.3 Å². The molecule has 100 valence electrons. The third kappa shape index (κ3) is 5.52. The van der Waals surface area contributed by atoms with Crippen LogP contribution in [0.2, 0.25) is 5.02 Å². The lowest BCUT2D eigenvalue weighted by Gasteiger charge is -2.14. The fourth-order valence-corrected chi connectivity index (χ4v) is 1.78. The van der Waals surface area contributed by atoms with Crippen molar-refractivity contribution in [3.05, 3.63) is 34.9 Å². The summed E-state index contributed by atoms with van der Waals surface area (Å²) in [6, 6.07) is 7.70. The highest BCUT2D eigenvalue weighted by Crippen LogP contribution is 2.14. The summed E-state index contributed by atoms with van der Waals surface area (Å²) in [5.41, 5.74) is 1.05. The number of carbonyl (C=O) groups is 1. The van der Waals surface area contributed by atoms with Crippen LogP contribution in [0.25, 0.3) is 0 Å². The molecule has 0 heterocycles. The lowest BCUT2D eigenvalue weighted by molar-refractivity contribution is -0.148. The summed E-state index contributed by atoms with van der Waals surface area (Å²) >= 11 is 6.04. The molecule has 1 unspecified atom stereocenters. The molecule has 1 atom stereocenters. The van der Waals surface area contributed by atoms with Gasteiger partial charge in [0, 0.05) is 24.5 Å². The van der Waals surface area contributed by atoms with Gasteiger partial charge in [-0.15, -0.1) is 0 Å². The van der Waals surface area contributed by atoms with Gasteiger partial charge in [0.05, 0.1) is 0 Å². The summed E-state index contributed by atoms with van der Waals surface area (Å²) < 4.78 is 5.22. The molecule has 1 rings (SSSR count). The van der Waals surface area contributed by atoms with E-state index in [-0.39, 0.29) is 12.1 Å². The van der Waals surface area contributed by atoms with Crippen molar-refractivity contribution in [1.82, 2.24) is 5.32 Å². The van der Waals surface area contributed by atoms with Crippen molar-refractivity contribution >= 4 is 17.6 Å². The van der Waals surface area contributed by atoms with E-state index >= 15 is 0 Å². The Morgan fingerprint density at radius 3 is 2.83 bits per heavy atom. The molecule has 18 heavy (non-hydrogen) atoms. The minimum atomic E-state index is -0.135. The SMILES string of the molecule is CCCC(=O)OC(C)CNCc1ccccc1Cl. The first-order chi connectivity index (χ1) is 8.63. The fraction of sp³-hybridized carbons (Fsp3) is 0.500. The Balaban J connectivity index is 2.25. The predicted molar refractivity (Wildman–Crippen MR) is 73.6 cm³/mol. The van der Waals surface area contributed by atoms with Crippen LogP contribution in [0.15, 0.2) is 24.3 Å². The molecule has 0 saturated carbocycles. The second kappa shape index (κ2) is 8.11. The molecule has 0 aromatic heterocycles. The predicted octanol–water partition coefficient (Wildman–Crippen LogP) is 3.16. The molecule has 0 saturated heterocycles. The Bertz CT molecular complexity index is 382. The van der Waals surface area contributed by atoms with E-state index in [0.717, 1.165) is 17.0 Å². The van der Waals surface area contributed by atoms with Crippen LogP contribution < -0.4 is 5.32 Å². The number of halogens is 1. The van der Waals surface area contributed by atoms with E-state index in [9.17, 15) is 4.79 Å². The molecule has 4 heteroatoms. The highest BCUT2D eigenvalue weighted by Gasteiger charge is 2.08. The zero-order chi connectivity index (χ0) is 13.4. The molecule has 0 aliphatic heterocycles. The molecule has 0 spiro atoms. The average Bonchev–Trinajstić information content (AvgIpc) is 2.31. The molecule has 0 radical (unpaired) electrons. The third-order valence-electron chi connectivity index (χ3n) is 2.49. The number of nitrogens with one attached hydrogen (secondary N) is 1. The van der Waals surface area contributed by atoms with Crippen LogP contribution in [0.5, 0.6) is 0 Å². The van der Waals surface area contributed by atoms with Gasteiger partial charge in [0.25, 0.3) is 0 Å². The molecular formula is C14H20ClNO2. The Morgan fingerprint density at radius 2 is 2.17 bits per heavy atom. The van der Waals surface area contributed by atoms with E-state index in [1.807, 2.05) is 38.1 Å². The molecule has 0 aliphatic rings. The molecule has 1 N–H and O–H groups in total. The average molecular weight is 270 g/mol. The maximum atomic E-state index is 11.3. The summed E-state index contributed by atoms with van der Waals surface area (Å²) in [7, 11) is 0. The number of hydrogen-bond donors (Lipinski definition) is 1. The van der Waals surface area contributed by atoms with Crippen molar-refractivity contribution in [2.75, 3.05) is 6.54 Å². The first kappa shape index (κ1) is 15.0. The Morgan fingerprint density at radius 1 is 1.44 bits per heavy atom. The van der Waals surface area contributed by atoms with Crippen LogP contribution in [0.3, 0.4) is 0 Å². The molecule has 0 bridgehead atoms. The van der Waals surface area contributed by atoms with Gasteiger partial charge in [0.15, 0.2) is 0 Å². The minimum absolute atomic E-state index is 0.119. The van der Waals surface area contributed by atoms with Crippen molar-refractivity contribution < 1.29 is 9.53 Å².